The normalized spacial score (nSPS) is 10.8. The topological polar surface area (TPSA) is 91.8 Å². The first-order valence-corrected chi connectivity index (χ1v) is 4.85. The average molecular weight is 218 g/mol. The van der Waals surface area contributed by atoms with Gasteiger partial charge in [0.25, 0.3) is 0 Å². The number of amides is 1. The number of hydrogen-bond donors (Lipinski definition) is 2. The molecular weight excluding hydrogens is 204 g/mol. The highest BCUT2D eigenvalue weighted by molar-refractivity contribution is 5.83. The van der Waals surface area contributed by atoms with E-state index in [-0.39, 0.29) is 0 Å². The molecule has 16 heavy (non-hydrogen) atoms. The van der Waals surface area contributed by atoms with Crippen LogP contribution in [0.1, 0.15) is 25.1 Å². The number of pyridine rings is 1. The Morgan fingerprint density at radius 1 is 1.69 bits per heavy atom. The van der Waals surface area contributed by atoms with Gasteiger partial charge in [0.2, 0.25) is 5.91 Å². The van der Waals surface area contributed by atoms with Crippen LogP contribution in [0.3, 0.4) is 0 Å². The van der Waals surface area contributed by atoms with Crippen molar-refractivity contribution in [3.8, 4) is 6.07 Å². The lowest BCUT2D eigenvalue weighted by molar-refractivity contribution is -0.123. The van der Waals surface area contributed by atoms with Gasteiger partial charge in [-0.25, -0.2) is 4.98 Å². The Kier molecular flexibility index (Phi) is 3.59. The van der Waals surface area contributed by atoms with Crippen molar-refractivity contribution in [3.63, 3.8) is 0 Å². The lowest BCUT2D eigenvalue weighted by Crippen LogP contribution is -2.50. The molecule has 0 radical (unpaired) electrons. The van der Waals surface area contributed by atoms with Crippen molar-refractivity contribution in [1.29, 1.82) is 5.26 Å². The van der Waals surface area contributed by atoms with E-state index >= 15 is 0 Å². The summed E-state index contributed by atoms with van der Waals surface area (Å²) in [5, 5.41) is 11.7. The maximum absolute atomic E-state index is 11.1. The highest BCUT2D eigenvalue weighted by Crippen LogP contribution is 2.05. The zero-order chi connectivity index (χ0) is 12.2. The summed E-state index contributed by atoms with van der Waals surface area (Å²) in [5.74, 6) is -0.415. The number of carbonyl (C=O) groups excluding carboxylic acids is 1. The zero-order valence-electron chi connectivity index (χ0n) is 9.32. The summed E-state index contributed by atoms with van der Waals surface area (Å²) in [6.07, 6.45) is 1.56. The van der Waals surface area contributed by atoms with Gasteiger partial charge in [0.1, 0.15) is 11.8 Å². The molecule has 0 aliphatic carbocycles. The van der Waals surface area contributed by atoms with Crippen LogP contribution in [0.4, 0.5) is 0 Å². The highest BCUT2D eigenvalue weighted by Gasteiger charge is 2.23. The van der Waals surface area contributed by atoms with Crippen molar-refractivity contribution in [1.82, 2.24) is 10.3 Å². The summed E-state index contributed by atoms with van der Waals surface area (Å²) in [7, 11) is 0. The molecule has 0 saturated heterocycles. The van der Waals surface area contributed by atoms with E-state index in [0.29, 0.717) is 12.2 Å². The minimum Gasteiger partial charge on any atom is -0.368 e. The highest BCUT2D eigenvalue weighted by atomic mass is 16.1. The van der Waals surface area contributed by atoms with Gasteiger partial charge in [0.15, 0.2) is 0 Å². The van der Waals surface area contributed by atoms with E-state index in [2.05, 4.69) is 10.3 Å². The molecule has 1 amide bonds. The molecule has 0 aliphatic heterocycles. The van der Waals surface area contributed by atoms with Crippen molar-refractivity contribution in [2.24, 2.45) is 5.73 Å². The maximum atomic E-state index is 11.1. The maximum Gasteiger partial charge on any atom is 0.237 e. The predicted molar refractivity (Wildman–Crippen MR) is 59.1 cm³/mol. The summed E-state index contributed by atoms with van der Waals surface area (Å²) in [6, 6.07) is 5.41. The average Bonchev–Trinajstić information content (AvgIpc) is 2.26. The van der Waals surface area contributed by atoms with Crippen LogP contribution >= 0.6 is 0 Å². The van der Waals surface area contributed by atoms with Gasteiger partial charge < -0.3 is 5.73 Å². The Morgan fingerprint density at radius 3 is 2.94 bits per heavy atom. The van der Waals surface area contributed by atoms with Gasteiger partial charge in [-0.3, -0.25) is 10.1 Å². The minimum absolute atomic E-state index is 0.358. The fourth-order valence-corrected chi connectivity index (χ4v) is 1.06. The van der Waals surface area contributed by atoms with Crippen LogP contribution in [-0.2, 0) is 11.3 Å². The Labute approximate surface area is 94.3 Å². The first-order valence-electron chi connectivity index (χ1n) is 4.85. The molecule has 1 aromatic heterocycles. The molecule has 0 unspecified atom stereocenters. The standard InChI is InChI=1S/C11H14N4O/c1-11(2,10(13)16)15-7-8-3-4-14-9(5-8)6-12/h3-5,15H,7H2,1-2H3,(H2,13,16). The molecule has 0 saturated carbocycles. The van der Waals surface area contributed by atoms with Crippen LogP contribution in [0.25, 0.3) is 0 Å². The van der Waals surface area contributed by atoms with Crippen molar-refractivity contribution in [2.45, 2.75) is 25.9 Å². The van der Waals surface area contributed by atoms with Crippen LogP contribution in [0, 0.1) is 11.3 Å². The molecule has 1 heterocycles. The molecule has 0 fully saturated rings. The van der Waals surface area contributed by atoms with E-state index < -0.39 is 11.4 Å². The molecule has 5 heteroatoms. The van der Waals surface area contributed by atoms with E-state index in [0.717, 1.165) is 5.56 Å². The van der Waals surface area contributed by atoms with Gasteiger partial charge in [-0.1, -0.05) is 0 Å². The molecule has 1 aromatic rings. The van der Waals surface area contributed by atoms with Gasteiger partial charge in [-0.15, -0.1) is 0 Å². The number of carbonyl (C=O) groups is 1. The monoisotopic (exact) mass is 218 g/mol. The molecule has 1 rings (SSSR count). The second-order valence-electron chi connectivity index (χ2n) is 4.00. The van der Waals surface area contributed by atoms with Gasteiger partial charge in [-0.05, 0) is 31.5 Å². The van der Waals surface area contributed by atoms with Gasteiger partial charge in [-0.2, -0.15) is 5.26 Å². The van der Waals surface area contributed by atoms with Crippen LogP contribution in [-0.4, -0.2) is 16.4 Å². The molecule has 0 aliphatic rings. The van der Waals surface area contributed by atoms with Crippen molar-refractivity contribution < 1.29 is 4.79 Å². The van der Waals surface area contributed by atoms with Crippen LogP contribution < -0.4 is 11.1 Å². The van der Waals surface area contributed by atoms with Gasteiger partial charge >= 0.3 is 0 Å². The molecule has 5 nitrogen and oxygen atoms in total. The largest absolute Gasteiger partial charge is 0.368 e. The Hall–Kier alpha value is -1.93. The molecule has 0 atom stereocenters. The second kappa shape index (κ2) is 4.73. The third-order valence-electron chi connectivity index (χ3n) is 2.29. The van der Waals surface area contributed by atoms with E-state index in [9.17, 15) is 4.79 Å². The number of nitrogens with two attached hydrogens (primary N) is 1. The summed E-state index contributed by atoms with van der Waals surface area (Å²) in [4.78, 5) is 14.9. The van der Waals surface area contributed by atoms with Crippen LogP contribution in [0.5, 0.6) is 0 Å². The number of nitriles is 1. The minimum atomic E-state index is -0.768. The van der Waals surface area contributed by atoms with Crippen molar-refractivity contribution in [2.75, 3.05) is 0 Å². The summed E-state index contributed by atoms with van der Waals surface area (Å²) in [6.45, 7) is 3.89. The van der Waals surface area contributed by atoms with E-state index in [1.807, 2.05) is 6.07 Å². The molecule has 0 aromatic carbocycles. The molecule has 0 spiro atoms. The number of primary amides is 1. The summed E-state index contributed by atoms with van der Waals surface area (Å²) in [5.41, 5.74) is 5.70. The molecule has 3 N–H and O–H groups in total. The quantitative estimate of drug-likeness (QED) is 0.760. The lowest BCUT2D eigenvalue weighted by atomic mass is 10.0. The van der Waals surface area contributed by atoms with Crippen molar-refractivity contribution >= 4 is 5.91 Å². The van der Waals surface area contributed by atoms with Crippen LogP contribution in [0.15, 0.2) is 18.3 Å². The summed E-state index contributed by atoms with van der Waals surface area (Å²) >= 11 is 0. The number of aromatic nitrogens is 1. The number of nitrogens with one attached hydrogen (secondary N) is 1. The lowest BCUT2D eigenvalue weighted by Gasteiger charge is -2.22. The smallest absolute Gasteiger partial charge is 0.237 e. The summed E-state index contributed by atoms with van der Waals surface area (Å²) < 4.78 is 0. The van der Waals surface area contributed by atoms with E-state index in [4.69, 9.17) is 11.0 Å². The first-order chi connectivity index (χ1) is 7.45. The van der Waals surface area contributed by atoms with Gasteiger partial charge in [0.05, 0.1) is 5.54 Å². The number of hydrogen-bond acceptors (Lipinski definition) is 4. The number of rotatable bonds is 4. The SMILES string of the molecule is CC(C)(NCc1ccnc(C#N)c1)C(N)=O. The first kappa shape index (κ1) is 12.1. The Bertz CT molecular complexity index is 434. The molecular formula is C11H14N4O. The second-order valence-corrected chi connectivity index (χ2v) is 4.00. The number of nitrogens with zero attached hydrogens (tertiary/aromatic N) is 2. The third-order valence-corrected chi connectivity index (χ3v) is 2.29. The van der Waals surface area contributed by atoms with E-state index in [1.165, 1.54) is 0 Å². The molecule has 84 valence electrons. The van der Waals surface area contributed by atoms with E-state index in [1.54, 1.807) is 32.2 Å². The van der Waals surface area contributed by atoms with Crippen LogP contribution in [0.2, 0.25) is 0 Å². The fraction of sp³-hybridized carbons (Fsp3) is 0.364. The fourth-order valence-electron chi connectivity index (χ4n) is 1.06. The van der Waals surface area contributed by atoms with Crippen molar-refractivity contribution in [3.05, 3.63) is 29.6 Å². The third kappa shape index (κ3) is 3.04. The Morgan fingerprint density at radius 2 is 2.38 bits per heavy atom. The van der Waals surface area contributed by atoms with Gasteiger partial charge in [0, 0.05) is 12.7 Å². The molecule has 0 bridgehead atoms. The predicted octanol–water partition coefficient (Wildman–Crippen LogP) is 0.307. The zero-order valence-corrected chi connectivity index (χ0v) is 9.32. The Balaban J connectivity index is 2.69.